The number of para-hydroxylation sites is 1. The maximum atomic E-state index is 13.5. The Labute approximate surface area is 201 Å². The Morgan fingerprint density at radius 1 is 1.15 bits per heavy atom. The molecule has 4 rings (SSSR count). The predicted molar refractivity (Wildman–Crippen MR) is 140 cm³/mol. The lowest BCUT2D eigenvalue weighted by Gasteiger charge is -2.13. The van der Waals surface area contributed by atoms with Crippen molar-refractivity contribution in [3.8, 4) is 11.1 Å². The van der Waals surface area contributed by atoms with Gasteiger partial charge in [0.2, 0.25) is 5.91 Å². The molecule has 1 N–H and O–H groups in total. The molecule has 0 radical (unpaired) electrons. The van der Waals surface area contributed by atoms with Crippen LogP contribution in [0.5, 0.6) is 0 Å². The van der Waals surface area contributed by atoms with Crippen molar-refractivity contribution in [1.82, 2.24) is 9.55 Å². The zero-order valence-corrected chi connectivity index (χ0v) is 20.5. The van der Waals surface area contributed by atoms with E-state index in [1.165, 1.54) is 28.7 Å². The maximum Gasteiger partial charge on any atom is 0.263 e. The number of hydrogen-bond donors (Lipinski definition) is 1. The average Bonchev–Trinajstić information content (AvgIpc) is 3.22. The van der Waals surface area contributed by atoms with Gasteiger partial charge >= 0.3 is 0 Å². The van der Waals surface area contributed by atoms with E-state index >= 15 is 0 Å². The van der Waals surface area contributed by atoms with Crippen LogP contribution in [0.4, 0.5) is 5.69 Å². The molecule has 0 unspecified atom stereocenters. The molecule has 0 aliphatic rings. The third-order valence-corrected chi connectivity index (χ3v) is 7.26. The fourth-order valence-electron chi connectivity index (χ4n) is 3.67. The zero-order chi connectivity index (χ0) is 23.5. The second kappa shape index (κ2) is 9.77. The van der Waals surface area contributed by atoms with Gasteiger partial charge in [-0.2, -0.15) is 0 Å². The lowest BCUT2D eigenvalue weighted by atomic mass is 10.1. The number of nitrogens with zero attached hydrogens (tertiary/aromatic N) is 2. The van der Waals surface area contributed by atoms with Crippen molar-refractivity contribution >= 4 is 44.9 Å². The maximum absolute atomic E-state index is 13.5. The number of aryl methyl sites for hydroxylation is 3. The van der Waals surface area contributed by atoms with Crippen LogP contribution < -0.4 is 10.9 Å². The zero-order valence-electron chi connectivity index (χ0n) is 18.8. The lowest BCUT2D eigenvalue weighted by molar-refractivity contribution is -0.113. The average molecular weight is 476 g/mol. The van der Waals surface area contributed by atoms with Crippen LogP contribution in [-0.2, 0) is 11.3 Å². The molecule has 4 aromatic rings. The molecule has 0 aliphatic carbocycles. The Kier molecular flexibility index (Phi) is 6.81. The number of hydrogen-bond acceptors (Lipinski definition) is 5. The van der Waals surface area contributed by atoms with E-state index in [-0.39, 0.29) is 17.2 Å². The fourth-order valence-corrected chi connectivity index (χ4v) is 5.47. The topological polar surface area (TPSA) is 64.0 Å². The second-order valence-corrected chi connectivity index (χ2v) is 9.70. The first kappa shape index (κ1) is 23.0. The predicted octanol–water partition coefficient (Wildman–Crippen LogP) is 5.97. The van der Waals surface area contributed by atoms with Gasteiger partial charge in [0.05, 0.1) is 11.1 Å². The van der Waals surface area contributed by atoms with E-state index in [2.05, 4.69) is 11.9 Å². The quantitative estimate of drug-likeness (QED) is 0.203. The Balaban J connectivity index is 1.64. The lowest BCUT2D eigenvalue weighted by Crippen LogP contribution is -2.23. The molecule has 2 aromatic heterocycles. The van der Waals surface area contributed by atoms with Crippen molar-refractivity contribution in [2.75, 3.05) is 11.1 Å². The molecule has 7 heteroatoms. The molecule has 2 heterocycles. The van der Waals surface area contributed by atoms with Crippen molar-refractivity contribution in [2.45, 2.75) is 32.5 Å². The number of amides is 1. The molecule has 0 atom stereocenters. The first-order valence-corrected chi connectivity index (χ1v) is 12.4. The van der Waals surface area contributed by atoms with Gasteiger partial charge in [-0.3, -0.25) is 14.2 Å². The molecule has 1 amide bonds. The molecular weight excluding hydrogens is 450 g/mol. The molecule has 0 aliphatic heterocycles. The minimum Gasteiger partial charge on any atom is -0.325 e. The van der Waals surface area contributed by atoms with Crippen molar-refractivity contribution < 1.29 is 4.79 Å². The summed E-state index contributed by atoms with van der Waals surface area (Å²) in [4.78, 5) is 31.5. The van der Waals surface area contributed by atoms with Crippen LogP contribution in [0.3, 0.4) is 0 Å². The number of thiophene rings is 1. The summed E-state index contributed by atoms with van der Waals surface area (Å²) >= 11 is 2.71. The number of allylic oxidation sites excluding steroid dienone is 1. The van der Waals surface area contributed by atoms with E-state index in [9.17, 15) is 9.59 Å². The monoisotopic (exact) mass is 475 g/mol. The highest BCUT2D eigenvalue weighted by atomic mass is 32.2. The van der Waals surface area contributed by atoms with Gasteiger partial charge in [-0.1, -0.05) is 65.9 Å². The molecule has 0 spiro atoms. The SMILES string of the molecule is C=CCn1c(SCC(=O)Nc2c(C)cccc2C)nc2scc(-c3ccc(C)cc3)c2c1=O. The normalized spacial score (nSPS) is 11.0. The number of aromatic nitrogens is 2. The summed E-state index contributed by atoms with van der Waals surface area (Å²) in [6, 6.07) is 14.0. The van der Waals surface area contributed by atoms with Crippen molar-refractivity contribution in [1.29, 1.82) is 0 Å². The molecule has 168 valence electrons. The fraction of sp³-hybridized carbons (Fsp3) is 0.192. The molecule has 0 bridgehead atoms. The summed E-state index contributed by atoms with van der Waals surface area (Å²) < 4.78 is 1.59. The Bertz CT molecular complexity index is 1380. The summed E-state index contributed by atoms with van der Waals surface area (Å²) in [5, 5.41) is 6.09. The van der Waals surface area contributed by atoms with Crippen molar-refractivity contribution in [3.05, 3.63) is 87.5 Å². The van der Waals surface area contributed by atoms with Crippen LogP contribution in [0.1, 0.15) is 16.7 Å². The van der Waals surface area contributed by atoms with E-state index in [0.29, 0.717) is 21.9 Å². The molecule has 5 nitrogen and oxygen atoms in total. The standard InChI is InChI=1S/C26H25N3O2S2/c1-5-13-29-25(31)22-20(19-11-9-16(2)10-12-19)14-32-24(22)28-26(29)33-15-21(30)27-23-17(3)7-6-8-18(23)4/h5-12,14H,1,13,15H2,2-4H3,(H,27,30). The summed E-state index contributed by atoms with van der Waals surface area (Å²) in [6.07, 6.45) is 1.67. The molecule has 0 saturated carbocycles. The molecule has 33 heavy (non-hydrogen) atoms. The highest BCUT2D eigenvalue weighted by molar-refractivity contribution is 7.99. The van der Waals surface area contributed by atoms with E-state index < -0.39 is 0 Å². The third-order valence-electron chi connectivity index (χ3n) is 5.41. The Morgan fingerprint density at radius 2 is 1.85 bits per heavy atom. The largest absolute Gasteiger partial charge is 0.325 e. The van der Waals surface area contributed by atoms with Crippen molar-refractivity contribution in [3.63, 3.8) is 0 Å². The number of benzene rings is 2. The van der Waals surface area contributed by atoms with E-state index in [4.69, 9.17) is 4.98 Å². The smallest absolute Gasteiger partial charge is 0.263 e. The highest BCUT2D eigenvalue weighted by Crippen LogP contribution is 2.32. The molecule has 0 saturated heterocycles. The summed E-state index contributed by atoms with van der Waals surface area (Å²) in [5.41, 5.74) is 5.78. The van der Waals surface area contributed by atoms with Gasteiger partial charge in [0.1, 0.15) is 4.83 Å². The number of nitrogens with one attached hydrogen (secondary N) is 1. The number of carbonyl (C=O) groups excluding carboxylic acids is 1. The summed E-state index contributed by atoms with van der Waals surface area (Å²) in [6.45, 7) is 10.1. The second-order valence-electron chi connectivity index (χ2n) is 7.90. The minimum absolute atomic E-state index is 0.116. The van der Waals surface area contributed by atoms with Crippen LogP contribution >= 0.6 is 23.1 Å². The van der Waals surface area contributed by atoms with Crippen LogP contribution in [-0.4, -0.2) is 21.2 Å². The minimum atomic E-state index is -0.136. The molecule has 2 aromatic carbocycles. The number of thioether (sulfide) groups is 1. The van der Waals surface area contributed by atoms with Crippen LogP contribution in [0.25, 0.3) is 21.3 Å². The van der Waals surface area contributed by atoms with Gasteiger partial charge in [0.15, 0.2) is 5.16 Å². The summed E-state index contributed by atoms with van der Waals surface area (Å²) in [5.74, 6) is 0.0161. The van der Waals surface area contributed by atoms with Gasteiger partial charge < -0.3 is 5.32 Å². The van der Waals surface area contributed by atoms with Gasteiger partial charge in [-0.25, -0.2) is 4.98 Å². The van der Waals surface area contributed by atoms with Crippen LogP contribution in [0.2, 0.25) is 0 Å². The van der Waals surface area contributed by atoms with Gasteiger partial charge in [-0.05, 0) is 37.5 Å². The van der Waals surface area contributed by atoms with Gasteiger partial charge in [0, 0.05) is 23.2 Å². The Hall–Kier alpha value is -3.16. The molecule has 0 fully saturated rings. The van der Waals surface area contributed by atoms with E-state index in [1.807, 2.05) is 68.6 Å². The van der Waals surface area contributed by atoms with Crippen LogP contribution in [0.15, 0.2) is 70.5 Å². The van der Waals surface area contributed by atoms with Gasteiger partial charge in [-0.15, -0.1) is 17.9 Å². The third kappa shape index (κ3) is 4.79. The van der Waals surface area contributed by atoms with Crippen molar-refractivity contribution in [2.24, 2.45) is 0 Å². The van der Waals surface area contributed by atoms with E-state index in [0.717, 1.165) is 27.9 Å². The number of anilines is 1. The number of carbonyl (C=O) groups is 1. The number of rotatable bonds is 7. The summed E-state index contributed by atoms with van der Waals surface area (Å²) in [7, 11) is 0. The van der Waals surface area contributed by atoms with Gasteiger partial charge in [0.25, 0.3) is 5.56 Å². The van der Waals surface area contributed by atoms with Crippen LogP contribution in [0, 0.1) is 20.8 Å². The highest BCUT2D eigenvalue weighted by Gasteiger charge is 2.18. The first-order valence-electron chi connectivity index (χ1n) is 10.6. The number of fused-ring (bicyclic) bond motifs is 1. The first-order chi connectivity index (χ1) is 15.9. The molecular formula is C26H25N3O2S2. The Morgan fingerprint density at radius 3 is 2.52 bits per heavy atom. The van der Waals surface area contributed by atoms with E-state index in [1.54, 1.807) is 10.6 Å².